The Labute approximate surface area is 170 Å². The van der Waals surface area contributed by atoms with Crippen molar-refractivity contribution in [3.63, 3.8) is 0 Å². The van der Waals surface area contributed by atoms with Crippen LogP contribution in [0.5, 0.6) is 0 Å². The fourth-order valence-corrected chi connectivity index (χ4v) is 3.69. The second kappa shape index (κ2) is 10.0. The number of benzene rings is 1. The number of hydrogen-bond donors (Lipinski definition) is 1. The quantitative estimate of drug-likeness (QED) is 0.508. The third-order valence-corrected chi connectivity index (χ3v) is 5.61. The van der Waals surface area contributed by atoms with Crippen LogP contribution in [0.25, 0.3) is 0 Å². The zero-order valence-electron chi connectivity index (χ0n) is 16.5. The Morgan fingerprint density at radius 1 is 1.03 bits per heavy atom. The lowest BCUT2D eigenvalue weighted by Crippen LogP contribution is -2.27. The average Bonchev–Trinajstić information content (AvgIpc) is 2.95. The predicted octanol–water partition coefficient (Wildman–Crippen LogP) is 2.26. The minimum absolute atomic E-state index is 0.0160. The molecule has 0 saturated carbocycles. The van der Waals surface area contributed by atoms with Crippen LogP contribution in [0.1, 0.15) is 19.8 Å². The second-order valence-electron chi connectivity index (χ2n) is 6.06. The number of ether oxygens (including phenoxy) is 2. The molecule has 0 spiro atoms. The average molecular weight is 420 g/mol. The minimum Gasteiger partial charge on any atom is -0.465 e. The molecular weight excluding hydrogens is 396 g/mol. The van der Waals surface area contributed by atoms with Crippen molar-refractivity contribution in [3.8, 4) is 0 Å². The highest BCUT2D eigenvalue weighted by Gasteiger charge is 2.27. The molecule has 1 N–H and O–H groups in total. The summed E-state index contributed by atoms with van der Waals surface area (Å²) in [5, 5.41) is 0. The first kappa shape index (κ1) is 22.4. The monoisotopic (exact) mass is 420 g/mol. The van der Waals surface area contributed by atoms with Gasteiger partial charge in [-0.05, 0) is 42.8 Å². The van der Waals surface area contributed by atoms with Crippen LogP contribution >= 0.6 is 0 Å². The van der Waals surface area contributed by atoms with E-state index in [0.717, 1.165) is 12.8 Å². The summed E-state index contributed by atoms with van der Waals surface area (Å²) in [4.78, 5) is 26.1. The number of hydrogen-bond acceptors (Lipinski definition) is 7. The topological polar surface area (TPSA) is 102 Å². The molecular formula is C20H24N2O6S. The zero-order chi connectivity index (χ0) is 21.4. The Bertz CT molecular complexity index is 946. The van der Waals surface area contributed by atoms with Crippen molar-refractivity contribution < 1.29 is 27.5 Å². The molecule has 156 valence electrons. The lowest BCUT2D eigenvalue weighted by molar-refractivity contribution is -0.139. The third-order valence-electron chi connectivity index (χ3n) is 4.14. The van der Waals surface area contributed by atoms with Crippen LogP contribution in [-0.4, -0.2) is 41.1 Å². The van der Waals surface area contributed by atoms with Crippen molar-refractivity contribution in [2.75, 3.05) is 25.7 Å². The summed E-state index contributed by atoms with van der Waals surface area (Å²) in [5.74, 6) is -1.44. The van der Waals surface area contributed by atoms with Gasteiger partial charge in [-0.15, -0.1) is 0 Å². The van der Waals surface area contributed by atoms with E-state index < -0.39 is 22.0 Å². The number of allylic oxidation sites excluding steroid dienone is 2. The second-order valence-corrected chi connectivity index (χ2v) is 7.83. The number of nitrogens with zero attached hydrogens (tertiary/aromatic N) is 1. The highest BCUT2D eigenvalue weighted by atomic mass is 32.2. The maximum atomic E-state index is 12.4. The lowest BCUT2D eigenvalue weighted by atomic mass is 10.1. The Hall–Kier alpha value is -2.91. The summed E-state index contributed by atoms with van der Waals surface area (Å²) in [6, 6.07) is 5.95. The number of methoxy groups -OCH3 is 2. The number of carbonyl (C=O) groups excluding carboxylic acids is 2. The summed E-state index contributed by atoms with van der Waals surface area (Å²) in [7, 11) is -1.21. The van der Waals surface area contributed by atoms with Crippen molar-refractivity contribution in [2.24, 2.45) is 0 Å². The van der Waals surface area contributed by atoms with E-state index in [-0.39, 0.29) is 16.2 Å². The van der Waals surface area contributed by atoms with Crippen molar-refractivity contribution in [1.29, 1.82) is 0 Å². The molecule has 1 aliphatic rings. The van der Waals surface area contributed by atoms with Gasteiger partial charge < -0.3 is 14.4 Å². The highest BCUT2D eigenvalue weighted by molar-refractivity contribution is 7.89. The summed E-state index contributed by atoms with van der Waals surface area (Å²) in [6.07, 6.45) is 7.86. The van der Waals surface area contributed by atoms with Crippen molar-refractivity contribution in [3.05, 3.63) is 60.0 Å². The number of sulfonamides is 1. The Morgan fingerprint density at radius 2 is 1.69 bits per heavy atom. The fourth-order valence-electron chi connectivity index (χ4n) is 2.62. The highest BCUT2D eigenvalue weighted by Crippen LogP contribution is 2.27. The first-order chi connectivity index (χ1) is 13.9. The van der Waals surface area contributed by atoms with Crippen LogP contribution in [-0.2, 0) is 29.1 Å². The summed E-state index contributed by atoms with van der Waals surface area (Å²) >= 11 is 0. The van der Waals surface area contributed by atoms with Crippen molar-refractivity contribution in [2.45, 2.75) is 24.7 Å². The van der Waals surface area contributed by atoms with Crippen LogP contribution in [0, 0.1) is 0 Å². The van der Waals surface area contributed by atoms with Gasteiger partial charge in [-0.2, -0.15) is 0 Å². The van der Waals surface area contributed by atoms with Crippen molar-refractivity contribution in [1.82, 2.24) is 4.72 Å². The lowest BCUT2D eigenvalue weighted by Gasteiger charge is -2.23. The molecule has 9 heteroatoms. The van der Waals surface area contributed by atoms with E-state index in [1.807, 2.05) is 6.92 Å². The Morgan fingerprint density at radius 3 is 2.28 bits per heavy atom. The van der Waals surface area contributed by atoms with E-state index in [2.05, 4.69) is 4.72 Å². The molecule has 0 saturated heterocycles. The molecule has 1 aromatic rings. The SMILES string of the molecule is CCCCNS(=O)(=O)c1ccc(N2C=CC=CC(C(=O)OC)=C2C(=O)OC)cc1. The molecule has 0 fully saturated rings. The van der Waals surface area contributed by atoms with Crippen molar-refractivity contribution >= 4 is 27.6 Å². The molecule has 1 heterocycles. The summed E-state index contributed by atoms with van der Waals surface area (Å²) in [5.41, 5.74) is 0.447. The van der Waals surface area contributed by atoms with E-state index in [0.29, 0.717) is 12.2 Å². The van der Waals surface area contributed by atoms with Gasteiger partial charge in [0.1, 0.15) is 5.70 Å². The Kier molecular flexibility index (Phi) is 7.74. The van der Waals surface area contributed by atoms with Crippen LogP contribution in [0.2, 0.25) is 0 Å². The van der Waals surface area contributed by atoms with Gasteiger partial charge in [0, 0.05) is 18.4 Å². The summed E-state index contributed by atoms with van der Waals surface area (Å²) < 4.78 is 36.9. The van der Waals surface area contributed by atoms with Crippen LogP contribution in [0.15, 0.2) is 64.9 Å². The van der Waals surface area contributed by atoms with Gasteiger partial charge in [-0.1, -0.05) is 19.4 Å². The number of unbranched alkanes of at least 4 members (excludes halogenated alkanes) is 1. The Balaban J connectivity index is 2.43. The maximum Gasteiger partial charge on any atom is 0.355 e. The molecule has 0 aromatic heterocycles. The van der Waals surface area contributed by atoms with Gasteiger partial charge in [0.25, 0.3) is 0 Å². The molecule has 29 heavy (non-hydrogen) atoms. The molecule has 0 atom stereocenters. The van der Waals surface area contributed by atoms with Gasteiger partial charge in [0.2, 0.25) is 10.0 Å². The molecule has 0 aliphatic carbocycles. The van der Waals surface area contributed by atoms with Gasteiger partial charge in [-0.3, -0.25) is 0 Å². The minimum atomic E-state index is -3.63. The first-order valence-electron chi connectivity index (χ1n) is 9.00. The number of anilines is 1. The third kappa shape index (κ3) is 5.33. The molecule has 0 bridgehead atoms. The molecule has 0 radical (unpaired) electrons. The van der Waals surface area contributed by atoms with Gasteiger partial charge in [0.05, 0.1) is 24.7 Å². The van der Waals surface area contributed by atoms with Crippen LogP contribution in [0.4, 0.5) is 5.69 Å². The van der Waals surface area contributed by atoms with Crippen LogP contribution < -0.4 is 9.62 Å². The molecule has 2 rings (SSSR count). The van der Waals surface area contributed by atoms with E-state index in [1.54, 1.807) is 30.5 Å². The normalized spacial score (nSPS) is 14.0. The van der Waals surface area contributed by atoms with Crippen LogP contribution in [0.3, 0.4) is 0 Å². The predicted molar refractivity (Wildman–Crippen MR) is 108 cm³/mol. The van der Waals surface area contributed by atoms with Gasteiger partial charge in [0.15, 0.2) is 0 Å². The molecule has 8 nitrogen and oxygen atoms in total. The van der Waals surface area contributed by atoms with E-state index in [4.69, 9.17) is 9.47 Å². The maximum absolute atomic E-state index is 12.4. The van der Waals surface area contributed by atoms with E-state index in [9.17, 15) is 18.0 Å². The van der Waals surface area contributed by atoms with Gasteiger partial charge in [-0.25, -0.2) is 22.7 Å². The van der Waals surface area contributed by atoms with E-state index >= 15 is 0 Å². The van der Waals surface area contributed by atoms with Gasteiger partial charge >= 0.3 is 11.9 Å². The number of esters is 2. The number of nitrogens with one attached hydrogen (secondary N) is 1. The standard InChI is InChI=1S/C20H24N2O6S/c1-4-5-13-21-29(25,26)16-11-9-15(10-12-16)22-14-7-6-8-17(19(23)27-2)18(22)20(24)28-3/h6-12,14,21H,4-5,13H2,1-3H3. The molecule has 0 unspecified atom stereocenters. The fraction of sp³-hybridized carbons (Fsp3) is 0.300. The van der Waals surface area contributed by atoms with E-state index in [1.165, 1.54) is 37.3 Å². The zero-order valence-corrected chi connectivity index (χ0v) is 17.4. The smallest absolute Gasteiger partial charge is 0.355 e. The molecule has 1 aliphatic heterocycles. The number of rotatable bonds is 8. The summed E-state index contributed by atoms with van der Waals surface area (Å²) in [6.45, 7) is 2.33. The molecule has 0 amide bonds. The molecule has 1 aromatic carbocycles. The largest absolute Gasteiger partial charge is 0.465 e. The number of carbonyl (C=O) groups is 2. The first-order valence-corrected chi connectivity index (χ1v) is 10.5.